The normalized spacial score (nSPS) is 13.0. The molecule has 1 aliphatic heterocycles. The van der Waals surface area contributed by atoms with E-state index in [-0.39, 0.29) is 5.91 Å². The number of hydrogen-bond acceptors (Lipinski definition) is 4. The molecule has 0 aliphatic carbocycles. The zero-order chi connectivity index (χ0) is 21.1. The molecule has 2 aromatic heterocycles. The molecule has 3 aromatic rings. The number of carbonyl (C=O) groups is 3. The average molecular weight is 402 g/mol. The van der Waals surface area contributed by atoms with E-state index < -0.39 is 11.9 Å². The van der Waals surface area contributed by atoms with E-state index in [1.165, 1.54) is 0 Å². The highest BCUT2D eigenvalue weighted by Gasteiger charge is 2.20. The lowest BCUT2D eigenvalue weighted by Gasteiger charge is -2.11. The highest BCUT2D eigenvalue weighted by atomic mass is 16.4. The zero-order valence-corrected chi connectivity index (χ0v) is 15.8. The second-order valence-corrected chi connectivity index (χ2v) is 6.75. The Kier molecular flexibility index (Phi) is 5.13. The molecule has 0 bridgehead atoms. The fourth-order valence-corrected chi connectivity index (χ4v) is 3.29. The number of carboxylic acids is 1. The summed E-state index contributed by atoms with van der Waals surface area (Å²) in [5.74, 6) is -1.80. The number of aromatic nitrogens is 2. The Balaban J connectivity index is 1.59. The van der Waals surface area contributed by atoms with Crippen molar-refractivity contribution in [1.82, 2.24) is 15.3 Å². The van der Waals surface area contributed by atoms with Crippen LogP contribution in [0.25, 0.3) is 22.5 Å². The van der Waals surface area contributed by atoms with Gasteiger partial charge in [-0.1, -0.05) is 12.1 Å². The van der Waals surface area contributed by atoms with Gasteiger partial charge in [-0.05, 0) is 30.3 Å². The molecule has 4 rings (SSSR count). The van der Waals surface area contributed by atoms with E-state index in [1.807, 2.05) is 24.3 Å². The van der Waals surface area contributed by atoms with E-state index in [0.717, 1.165) is 41.1 Å². The van der Waals surface area contributed by atoms with Crippen molar-refractivity contribution < 1.29 is 19.5 Å². The molecule has 0 fully saturated rings. The summed E-state index contributed by atoms with van der Waals surface area (Å²) in [7, 11) is 0. The summed E-state index contributed by atoms with van der Waals surface area (Å²) in [5.41, 5.74) is 5.31. The SMILES string of the molecule is O=C(O)/C=C/C(=O)Nc1cccc(-c2cc(-c3cc4c([nH]3)CCNC4=O)ccn2)c1. The van der Waals surface area contributed by atoms with E-state index in [2.05, 4.69) is 20.6 Å². The molecule has 0 radical (unpaired) electrons. The van der Waals surface area contributed by atoms with Crippen LogP contribution >= 0.6 is 0 Å². The number of aliphatic carboxylic acids is 1. The Morgan fingerprint density at radius 1 is 1.10 bits per heavy atom. The smallest absolute Gasteiger partial charge is 0.328 e. The first-order chi connectivity index (χ1) is 14.5. The molecule has 1 aromatic carbocycles. The molecule has 0 unspecified atom stereocenters. The maximum absolute atomic E-state index is 12.0. The first-order valence-electron chi connectivity index (χ1n) is 9.28. The van der Waals surface area contributed by atoms with E-state index in [0.29, 0.717) is 23.5 Å². The molecule has 30 heavy (non-hydrogen) atoms. The molecule has 0 atom stereocenters. The summed E-state index contributed by atoms with van der Waals surface area (Å²) >= 11 is 0. The third kappa shape index (κ3) is 4.12. The van der Waals surface area contributed by atoms with Crippen molar-refractivity contribution in [2.75, 3.05) is 11.9 Å². The van der Waals surface area contributed by atoms with Gasteiger partial charge in [0.15, 0.2) is 0 Å². The number of nitrogens with one attached hydrogen (secondary N) is 3. The quantitative estimate of drug-likeness (QED) is 0.489. The Morgan fingerprint density at radius 3 is 2.77 bits per heavy atom. The van der Waals surface area contributed by atoms with Crippen molar-refractivity contribution >= 4 is 23.5 Å². The van der Waals surface area contributed by atoms with E-state index >= 15 is 0 Å². The van der Waals surface area contributed by atoms with E-state index in [1.54, 1.807) is 24.4 Å². The molecule has 0 saturated heterocycles. The summed E-state index contributed by atoms with van der Waals surface area (Å²) in [5, 5.41) is 14.1. The van der Waals surface area contributed by atoms with Gasteiger partial charge in [0.25, 0.3) is 5.91 Å². The zero-order valence-electron chi connectivity index (χ0n) is 15.8. The molecule has 150 valence electrons. The van der Waals surface area contributed by atoms with Crippen LogP contribution in [0.15, 0.2) is 60.8 Å². The molecule has 2 amide bonds. The lowest BCUT2D eigenvalue weighted by atomic mass is 10.1. The molecular weight excluding hydrogens is 384 g/mol. The van der Waals surface area contributed by atoms with Crippen molar-refractivity contribution in [2.45, 2.75) is 6.42 Å². The monoisotopic (exact) mass is 402 g/mol. The summed E-state index contributed by atoms with van der Waals surface area (Å²) in [4.78, 5) is 42.1. The first kappa shape index (κ1) is 19.1. The number of pyridine rings is 1. The van der Waals surface area contributed by atoms with Crippen LogP contribution in [-0.2, 0) is 16.0 Å². The Labute approximate surface area is 171 Å². The molecule has 0 saturated carbocycles. The van der Waals surface area contributed by atoms with Gasteiger partial charge in [-0.15, -0.1) is 0 Å². The second-order valence-electron chi connectivity index (χ2n) is 6.75. The number of amides is 2. The number of anilines is 1. The largest absolute Gasteiger partial charge is 0.478 e. The van der Waals surface area contributed by atoms with Crippen molar-refractivity contribution in [3.05, 3.63) is 72.1 Å². The predicted molar refractivity (Wildman–Crippen MR) is 111 cm³/mol. The minimum atomic E-state index is -1.19. The van der Waals surface area contributed by atoms with Crippen LogP contribution in [0.3, 0.4) is 0 Å². The van der Waals surface area contributed by atoms with Crippen LogP contribution in [0.1, 0.15) is 16.1 Å². The standard InChI is InChI=1S/C22H18N4O4/c27-20(4-5-21(28)29)25-15-3-1-2-13(10-15)18-11-14(6-8-23-18)19-12-16-17(26-19)7-9-24-22(16)30/h1-6,8,10-12,26H,7,9H2,(H,24,30)(H,25,27)(H,28,29)/b5-4+. The topological polar surface area (TPSA) is 124 Å². The van der Waals surface area contributed by atoms with Crippen molar-refractivity contribution in [1.29, 1.82) is 0 Å². The molecule has 1 aliphatic rings. The summed E-state index contributed by atoms with van der Waals surface area (Å²) in [6.45, 7) is 0.619. The number of carboxylic acid groups (broad SMARTS) is 1. The summed E-state index contributed by atoms with van der Waals surface area (Å²) < 4.78 is 0. The molecular formula is C22H18N4O4. The fraction of sp³-hybridized carbons (Fsp3) is 0.0909. The van der Waals surface area contributed by atoms with Gasteiger partial charge in [0.1, 0.15) is 0 Å². The van der Waals surface area contributed by atoms with Gasteiger partial charge >= 0.3 is 5.97 Å². The number of nitrogens with zero attached hydrogens (tertiary/aromatic N) is 1. The fourth-order valence-electron chi connectivity index (χ4n) is 3.29. The second kappa shape index (κ2) is 8.04. The highest BCUT2D eigenvalue weighted by Crippen LogP contribution is 2.28. The molecule has 4 N–H and O–H groups in total. The number of rotatable bonds is 5. The average Bonchev–Trinajstić information content (AvgIpc) is 3.18. The van der Waals surface area contributed by atoms with Crippen molar-refractivity contribution in [3.63, 3.8) is 0 Å². The van der Waals surface area contributed by atoms with Gasteiger partial charge in [-0.3, -0.25) is 14.6 Å². The molecule has 8 nitrogen and oxygen atoms in total. The van der Waals surface area contributed by atoms with Gasteiger partial charge in [-0.2, -0.15) is 0 Å². The predicted octanol–water partition coefficient (Wildman–Crippen LogP) is 2.61. The van der Waals surface area contributed by atoms with Gasteiger partial charge in [0.05, 0.1) is 11.3 Å². The first-order valence-corrected chi connectivity index (χ1v) is 9.28. The van der Waals surface area contributed by atoms with Gasteiger partial charge in [0.2, 0.25) is 5.91 Å². The Morgan fingerprint density at radius 2 is 1.97 bits per heavy atom. The lowest BCUT2D eigenvalue weighted by molar-refractivity contribution is -0.131. The van der Waals surface area contributed by atoms with Gasteiger partial charge in [0, 0.05) is 59.5 Å². The van der Waals surface area contributed by atoms with Crippen LogP contribution in [0.5, 0.6) is 0 Å². The van der Waals surface area contributed by atoms with Crippen LogP contribution in [0, 0.1) is 0 Å². The van der Waals surface area contributed by atoms with Crippen molar-refractivity contribution in [2.24, 2.45) is 0 Å². The Hall–Kier alpha value is -4.20. The summed E-state index contributed by atoms with van der Waals surface area (Å²) in [6.07, 6.45) is 4.18. The maximum atomic E-state index is 12.0. The Bertz CT molecular complexity index is 1180. The van der Waals surface area contributed by atoms with Crippen molar-refractivity contribution in [3.8, 4) is 22.5 Å². The number of H-pyrrole nitrogens is 1. The summed E-state index contributed by atoms with van der Waals surface area (Å²) in [6, 6.07) is 12.7. The molecule has 0 spiro atoms. The third-order valence-electron chi connectivity index (χ3n) is 4.68. The maximum Gasteiger partial charge on any atom is 0.328 e. The number of hydrogen-bond donors (Lipinski definition) is 4. The van der Waals surface area contributed by atoms with Gasteiger partial charge in [-0.25, -0.2) is 4.79 Å². The minimum Gasteiger partial charge on any atom is -0.478 e. The number of benzene rings is 1. The van der Waals surface area contributed by atoms with Gasteiger partial charge < -0.3 is 20.7 Å². The van der Waals surface area contributed by atoms with Crippen LogP contribution in [0.4, 0.5) is 5.69 Å². The molecule has 3 heterocycles. The third-order valence-corrected chi connectivity index (χ3v) is 4.68. The number of carbonyl (C=O) groups excluding carboxylic acids is 2. The van der Waals surface area contributed by atoms with Crippen LogP contribution < -0.4 is 10.6 Å². The highest BCUT2D eigenvalue weighted by molar-refractivity contribution is 6.02. The lowest BCUT2D eigenvalue weighted by Crippen LogP contribution is -2.31. The van der Waals surface area contributed by atoms with E-state index in [4.69, 9.17) is 5.11 Å². The number of fused-ring (bicyclic) bond motifs is 1. The van der Waals surface area contributed by atoms with E-state index in [9.17, 15) is 14.4 Å². The minimum absolute atomic E-state index is 0.0755. The molecule has 8 heteroatoms. The van der Waals surface area contributed by atoms with Crippen LogP contribution in [-0.4, -0.2) is 39.4 Å². The number of aromatic amines is 1. The van der Waals surface area contributed by atoms with Crippen LogP contribution in [0.2, 0.25) is 0 Å².